The molecule has 0 radical (unpaired) electrons. The second-order valence-corrected chi connectivity index (χ2v) is 9.62. The van der Waals surface area contributed by atoms with Crippen LogP contribution >= 0.6 is 0 Å². The van der Waals surface area contributed by atoms with Gasteiger partial charge in [-0.05, 0) is 69.7 Å². The molecule has 5 rings (SSSR count). The van der Waals surface area contributed by atoms with Crippen molar-refractivity contribution in [2.75, 3.05) is 23.8 Å². The lowest BCUT2D eigenvalue weighted by atomic mass is 10.1. The van der Waals surface area contributed by atoms with Gasteiger partial charge >= 0.3 is 0 Å². The Morgan fingerprint density at radius 3 is 2.66 bits per heavy atom. The van der Waals surface area contributed by atoms with Crippen molar-refractivity contribution >= 4 is 28.6 Å². The maximum absolute atomic E-state index is 10.3. The van der Waals surface area contributed by atoms with Crippen LogP contribution in [0, 0.1) is 13.8 Å². The molecule has 0 atom stereocenters. The summed E-state index contributed by atoms with van der Waals surface area (Å²) in [7, 11) is 1.89. The van der Waals surface area contributed by atoms with Gasteiger partial charge in [-0.15, -0.1) is 0 Å². The lowest BCUT2D eigenvalue weighted by Gasteiger charge is -2.25. The van der Waals surface area contributed by atoms with Crippen LogP contribution in [0.5, 0.6) is 0 Å². The van der Waals surface area contributed by atoms with E-state index in [0.29, 0.717) is 30.9 Å². The number of imidazole rings is 1. The summed E-state index contributed by atoms with van der Waals surface area (Å²) >= 11 is 0. The number of anilines is 2. The molecule has 0 spiro atoms. The number of benzene rings is 1. The Labute approximate surface area is 186 Å². The monoisotopic (exact) mass is 434 g/mol. The van der Waals surface area contributed by atoms with E-state index in [2.05, 4.69) is 41.4 Å². The highest BCUT2D eigenvalue weighted by atomic mass is 16.3. The van der Waals surface area contributed by atoms with Crippen molar-refractivity contribution in [1.29, 1.82) is 0 Å². The first-order valence-corrected chi connectivity index (χ1v) is 11.1. The SMILES string of the molecule is Cc1cc2nc(CNc3nc(N(C)CC(C)(C)O)nc4c(C5CC5)cnn34)[nH]c2cc1C. The Hall–Kier alpha value is -3.20. The standard InChI is InChI=1S/C23H30N8O/c1-13-8-17-18(9-14(13)2)27-19(26-17)11-24-21-29-22(30(5)12-23(3,4)32)28-20-16(15-6-7-15)10-25-31(20)21/h8-10,15,32H,6-7,11-12H2,1-5H3,(H,26,27)(H,24,28,29). The minimum absolute atomic E-state index is 0.414. The van der Waals surface area contributed by atoms with E-state index in [-0.39, 0.29) is 0 Å². The number of aromatic nitrogens is 6. The molecule has 4 aromatic rings. The molecule has 0 saturated heterocycles. The Kier molecular flexibility index (Phi) is 4.81. The Morgan fingerprint density at radius 2 is 1.94 bits per heavy atom. The summed E-state index contributed by atoms with van der Waals surface area (Å²) in [4.78, 5) is 19.5. The number of fused-ring (bicyclic) bond motifs is 2. The van der Waals surface area contributed by atoms with Crippen molar-refractivity contribution in [2.45, 2.75) is 58.6 Å². The zero-order valence-corrected chi connectivity index (χ0v) is 19.3. The molecule has 32 heavy (non-hydrogen) atoms. The van der Waals surface area contributed by atoms with Gasteiger partial charge in [-0.1, -0.05) is 0 Å². The molecule has 9 heteroatoms. The quantitative estimate of drug-likeness (QED) is 0.410. The van der Waals surface area contributed by atoms with Crippen LogP contribution < -0.4 is 10.2 Å². The highest BCUT2D eigenvalue weighted by Gasteiger charge is 2.29. The molecule has 3 heterocycles. The van der Waals surface area contributed by atoms with Gasteiger partial charge in [-0.3, -0.25) is 0 Å². The number of hydrogen-bond donors (Lipinski definition) is 3. The van der Waals surface area contributed by atoms with Crippen LogP contribution in [-0.4, -0.2) is 53.9 Å². The molecular weight excluding hydrogens is 404 g/mol. The first-order chi connectivity index (χ1) is 15.2. The molecule has 1 aliphatic carbocycles. The smallest absolute Gasteiger partial charge is 0.230 e. The third kappa shape index (κ3) is 4.00. The number of nitrogens with one attached hydrogen (secondary N) is 2. The summed E-state index contributed by atoms with van der Waals surface area (Å²) in [6.45, 7) is 8.65. The molecule has 1 aliphatic rings. The summed E-state index contributed by atoms with van der Waals surface area (Å²) in [6, 6.07) is 4.23. The highest BCUT2D eigenvalue weighted by Crippen LogP contribution is 2.42. The summed E-state index contributed by atoms with van der Waals surface area (Å²) < 4.78 is 1.77. The molecule has 1 aromatic carbocycles. The van der Waals surface area contributed by atoms with Gasteiger partial charge in [-0.2, -0.15) is 19.6 Å². The number of nitrogens with zero attached hydrogens (tertiary/aromatic N) is 6. The zero-order chi connectivity index (χ0) is 22.6. The van der Waals surface area contributed by atoms with Crippen LogP contribution in [0.1, 0.15) is 55.1 Å². The predicted molar refractivity (Wildman–Crippen MR) is 125 cm³/mol. The van der Waals surface area contributed by atoms with Gasteiger partial charge in [0.1, 0.15) is 5.82 Å². The first-order valence-electron chi connectivity index (χ1n) is 11.1. The van der Waals surface area contributed by atoms with E-state index in [1.54, 1.807) is 18.4 Å². The molecule has 1 saturated carbocycles. The second kappa shape index (κ2) is 7.44. The van der Waals surface area contributed by atoms with Crippen LogP contribution in [0.25, 0.3) is 16.7 Å². The van der Waals surface area contributed by atoms with E-state index in [4.69, 9.17) is 15.0 Å². The fourth-order valence-electron chi connectivity index (χ4n) is 4.07. The Morgan fingerprint density at radius 1 is 1.19 bits per heavy atom. The van der Waals surface area contributed by atoms with Crippen molar-refractivity contribution in [1.82, 2.24) is 29.5 Å². The number of H-pyrrole nitrogens is 1. The molecule has 0 aliphatic heterocycles. The molecule has 0 bridgehead atoms. The molecule has 0 amide bonds. The van der Waals surface area contributed by atoms with Gasteiger partial charge in [0, 0.05) is 19.2 Å². The topological polar surface area (TPSA) is 107 Å². The number of likely N-dealkylation sites (N-methyl/N-ethyl adjacent to an activating group) is 1. The number of aromatic amines is 1. The molecular formula is C23H30N8O. The maximum Gasteiger partial charge on any atom is 0.230 e. The third-order valence-electron chi connectivity index (χ3n) is 5.93. The average molecular weight is 435 g/mol. The Bertz CT molecular complexity index is 1260. The molecule has 168 valence electrons. The largest absolute Gasteiger partial charge is 0.389 e. The van der Waals surface area contributed by atoms with E-state index in [1.807, 2.05) is 18.1 Å². The van der Waals surface area contributed by atoms with Crippen LogP contribution in [-0.2, 0) is 6.54 Å². The molecule has 3 aromatic heterocycles. The number of aliphatic hydroxyl groups is 1. The van der Waals surface area contributed by atoms with Crippen LogP contribution in [0.15, 0.2) is 18.3 Å². The van der Waals surface area contributed by atoms with Gasteiger partial charge in [0.2, 0.25) is 11.9 Å². The Balaban J connectivity index is 1.48. The van der Waals surface area contributed by atoms with Crippen molar-refractivity contribution in [3.8, 4) is 0 Å². The van der Waals surface area contributed by atoms with E-state index in [0.717, 1.165) is 28.1 Å². The minimum Gasteiger partial charge on any atom is -0.389 e. The summed E-state index contributed by atoms with van der Waals surface area (Å²) in [6.07, 6.45) is 4.24. The second-order valence-electron chi connectivity index (χ2n) is 9.62. The summed E-state index contributed by atoms with van der Waals surface area (Å²) in [5, 5.41) is 18.2. The van der Waals surface area contributed by atoms with Gasteiger partial charge < -0.3 is 20.3 Å². The van der Waals surface area contributed by atoms with Gasteiger partial charge in [0.05, 0.1) is 29.4 Å². The maximum atomic E-state index is 10.3. The van der Waals surface area contributed by atoms with Crippen molar-refractivity contribution < 1.29 is 5.11 Å². The average Bonchev–Trinajstić information content (AvgIpc) is 3.34. The normalized spacial score (nSPS) is 14.4. The van der Waals surface area contributed by atoms with E-state index in [9.17, 15) is 5.11 Å². The van der Waals surface area contributed by atoms with Gasteiger partial charge in [0.15, 0.2) is 5.65 Å². The van der Waals surface area contributed by atoms with Gasteiger partial charge in [-0.25, -0.2) is 4.98 Å². The third-order valence-corrected chi connectivity index (χ3v) is 5.93. The van der Waals surface area contributed by atoms with Gasteiger partial charge in [0.25, 0.3) is 0 Å². The minimum atomic E-state index is -0.859. The van der Waals surface area contributed by atoms with E-state index in [1.165, 1.54) is 24.0 Å². The first kappa shape index (κ1) is 20.7. The summed E-state index contributed by atoms with van der Waals surface area (Å²) in [5.74, 6) is 2.51. The molecule has 3 N–H and O–H groups in total. The molecule has 9 nitrogen and oxygen atoms in total. The van der Waals surface area contributed by atoms with Crippen molar-refractivity contribution in [2.24, 2.45) is 0 Å². The zero-order valence-electron chi connectivity index (χ0n) is 19.3. The number of aryl methyl sites for hydroxylation is 2. The predicted octanol–water partition coefficient (Wildman–Crippen LogP) is 3.31. The molecule has 0 unspecified atom stereocenters. The lowest BCUT2D eigenvalue weighted by molar-refractivity contribution is 0.0883. The van der Waals surface area contributed by atoms with Crippen LogP contribution in [0.3, 0.4) is 0 Å². The molecule has 1 fully saturated rings. The van der Waals surface area contributed by atoms with Crippen LogP contribution in [0.2, 0.25) is 0 Å². The lowest BCUT2D eigenvalue weighted by Crippen LogP contribution is -2.37. The highest BCUT2D eigenvalue weighted by molar-refractivity contribution is 5.77. The van der Waals surface area contributed by atoms with Crippen molar-refractivity contribution in [3.63, 3.8) is 0 Å². The number of hydrogen-bond acceptors (Lipinski definition) is 7. The number of rotatable bonds is 7. The van der Waals surface area contributed by atoms with E-state index < -0.39 is 5.60 Å². The van der Waals surface area contributed by atoms with Crippen molar-refractivity contribution in [3.05, 3.63) is 40.8 Å². The van der Waals surface area contributed by atoms with Crippen LogP contribution in [0.4, 0.5) is 11.9 Å². The fraction of sp³-hybridized carbons (Fsp3) is 0.478. The van der Waals surface area contributed by atoms with E-state index >= 15 is 0 Å². The summed E-state index contributed by atoms with van der Waals surface area (Å²) in [5.41, 5.74) is 5.56. The fourth-order valence-corrected chi connectivity index (χ4v) is 4.07.